The highest BCUT2D eigenvalue weighted by Crippen LogP contribution is 2.11. The first-order valence-electron chi connectivity index (χ1n) is 4.84. The molecule has 1 aliphatic rings. The van der Waals surface area contributed by atoms with E-state index in [0.717, 1.165) is 0 Å². The van der Waals surface area contributed by atoms with Gasteiger partial charge in [0, 0.05) is 18.8 Å². The van der Waals surface area contributed by atoms with Gasteiger partial charge in [-0.15, -0.1) is 0 Å². The van der Waals surface area contributed by atoms with Crippen LogP contribution in [0.1, 0.15) is 5.69 Å². The minimum atomic E-state index is -0.463. The van der Waals surface area contributed by atoms with Crippen LogP contribution in [0.15, 0.2) is 9.59 Å². The van der Waals surface area contributed by atoms with Gasteiger partial charge >= 0.3 is 5.69 Å². The van der Waals surface area contributed by atoms with Gasteiger partial charge in [0.1, 0.15) is 5.69 Å². The van der Waals surface area contributed by atoms with Crippen LogP contribution < -0.4 is 16.1 Å². The molecule has 6 heteroatoms. The first kappa shape index (κ1) is 9.97. The Balaban J connectivity index is 2.42. The Morgan fingerprint density at radius 2 is 1.87 bits per heavy atom. The Morgan fingerprint density at radius 3 is 2.47 bits per heavy atom. The number of hydrogen-bond donors (Lipinski definition) is 2. The zero-order valence-corrected chi connectivity index (χ0v) is 8.50. The van der Waals surface area contributed by atoms with Crippen molar-refractivity contribution in [3.05, 3.63) is 26.5 Å². The monoisotopic (exact) mass is 211 g/mol. The maximum atomic E-state index is 11.6. The van der Waals surface area contributed by atoms with Crippen molar-refractivity contribution < 1.29 is 4.74 Å². The molecular formula is C9H13N3O3. The maximum Gasteiger partial charge on any atom is 0.326 e. The molecule has 2 N–H and O–H groups in total. The van der Waals surface area contributed by atoms with Crippen molar-refractivity contribution in [3.63, 3.8) is 0 Å². The van der Waals surface area contributed by atoms with Gasteiger partial charge in [0.15, 0.2) is 0 Å². The van der Waals surface area contributed by atoms with E-state index in [4.69, 9.17) is 4.74 Å². The van der Waals surface area contributed by atoms with Crippen molar-refractivity contribution in [2.24, 2.45) is 0 Å². The smallest absolute Gasteiger partial charge is 0.326 e. The Hall–Kier alpha value is -1.56. The summed E-state index contributed by atoms with van der Waals surface area (Å²) in [6.45, 7) is 4.30. The first-order chi connectivity index (χ1) is 7.18. The summed E-state index contributed by atoms with van der Waals surface area (Å²) in [5, 5.41) is 0. The van der Waals surface area contributed by atoms with Gasteiger partial charge in [0.2, 0.25) is 0 Å². The van der Waals surface area contributed by atoms with Gasteiger partial charge in [-0.1, -0.05) is 0 Å². The summed E-state index contributed by atoms with van der Waals surface area (Å²) >= 11 is 0. The highest BCUT2D eigenvalue weighted by molar-refractivity contribution is 5.48. The fraction of sp³-hybridized carbons (Fsp3) is 0.556. The Labute approximate surface area is 85.9 Å². The summed E-state index contributed by atoms with van der Waals surface area (Å²) in [6.07, 6.45) is 0. The van der Waals surface area contributed by atoms with E-state index < -0.39 is 5.69 Å². The van der Waals surface area contributed by atoms with Crippen LogP contribution in [0.2, 0.25) is 0 Å². The van der Waals surface area contributed by atoms with E-state index in [2.05, 4.69) is 9.97 Å². The molecule has 1 fully saturated rings. The van der Waals surface area contributed by atoms with Gasteiger partial charge in [-0.25, -0.2) is 4.79 Å². The lowest BCUT2D eigenvalue weighted by Gasteiger charge is -2.28. The van der Waals surface area contributed by atoms with Crippen molar-refractivity contribution in [1.29, 1.82) is 0 Å². The minimum Gasteiger partial charge on any atom is -0.378 e. The lowest BCUT2D eigenvalue weighted by molar-refractivity contribution is 0.122. The van der Waals surface area contributed by atoms with Crippen molar-refractivity contribution in [3.8, 4) is 0 Å². The Morgan fingerprint density at radius 1 is 1.20 bits per heavy atom. The second-order valence-corrected chi connectivity index (χ2v) is 3.48. The van der Waals surface area contributed by atoms with E-state index in [0.29, 0.717) is 37.7 Å². The second-order valence-electron chi connectivity index (χ2n) is 3.48. The summed E-state index contributed by atoms with van der Waals surface area (Å²) < 4.78 is 5.20. The number of hydrogen-bond acceptors (Lipinski definition) is 4. The first-order valence-corrected chi connectivity index (χ1v) is 4.84. The highest BCUT2D eigenvalue weighted by atomic mass is 16.5. The molecule has 82 valence electrons. The molecule has 1 saturated heterocycles. The number of nitrogens with zero attached hydrogens (tertiary/aromatic N) is 1. The lowest BCUT2D eigenvalue weighted by atomic mass is 10.3. The number of ether oxygens (including phenoxy) is 1. The summed E-state index contributed by atoms with van der Waals surface area (Å²) in [7, 11) is 0. The van der Waals surface area contributed by atoms with Crippen LogP contribution in [-0.2, 0) is 4.74 Å². The van der Waals surface area contributed by atoms with Crippen molar-refractivity contribution in [2.45, 2.75) is 6.92 Å². The van der Waals surface area contributed by atoms with Gasteiger partial charge < -0.3 is 14.6 Å². The van der Waals surface area contributed by atoms with Crippen LogP contribution in [0.4, 0.5) is 5.69 Å². The topological polar surface area (TPSA) is 78.2 Å². The molecule has 2 rings (SSSR count). The van der Waals surface area contributed by atoms with E-state index >= 15 is 0 Å². The van der Waals surface area contributed by atoms with Crippen LogP contribution in [0.3, 0.4) is 0 Å². The zero-order valence-electron chi connectivity index (χ0n) is 8.50. The summed E-state index contributed by atoms with van der Waals surface area (Å²) in [4.78, 5) is 29.3. The molecular weight excluding hydrogens is 198 g/mol. The van der Waals surface area contributed by atoms with Gasteiger partial charge in [0.05, 0.1) is 13.2 Å². The molecule has 0 aromatic carbocycles. The van der Waals surface area contributed by atoms with E-state index in [9.17, 15) is 9.59 Å². The lowest BCUT2D eigenvalue weighted by Crippen LogP contribution is -2.41. The number of aryl methyl sites for hydroxylation is 1. The third-order valence-corrected chi connectivity index (χ3v) is 2.43. The van der Waals surface area contributed by atoms with E-state index in [1.165, 1.54) is 0 Å². The number of nitrogens with one attached hydrogen (secondary N) is 2. The van der Waals surface area contributed by atoms with Crippen molar-refractivity contribution in [2.75, 3.05) is 31.2 Å². The predicted octanol–water partition coefficient (Wildman–Crippen LogP) is -0.792. The predicted molar refractivity (Wildman–Crippen MR) is 55.5 cm³/mol. The van der Waals surface area contributed by atoms with Crippen molar-refractivity contribution in [1.82, 2.24) is 9.97 Å². The standard InChI is InChI=1S/C9H13N3O3/c1-6-7(8(13)11-9(14)10-6)12-2-4-15-5-3-12/h2-5H2,1H3,(H2,10,11,13,14). The molecule has 2 heterocycles. The molecule has 0 radical (unpaired) electrons. The van der Waals surface area contributed by atoms with E-state index in [1.807, 2.05) is 4.90 Å². The maximum absolute atomic E-state index is 11.6. The SMILES string of the molecule is Cc1[nH]c(=O)[nH]c(=O)c1N1CCOCC1. The fourth-order valence-electron chi connectivity index (χ4n) is 1.76. The molecule has 6 nitrogen and oxygen atoms in total. The highest BCUT2D eigenvalue weighted by Gasteiger charge is 2.16. The number of H-pyrrole nitrogens is 2. The molecule has 1 aromatic rings. The number of rotatable bonds is 1. The van der Waals surface area contributed by atoms with Gasteiger partial charge in [-0.2, -0.15) is 0 Å². The average Bonchev–Trinajstić information content (AvgIpc) is 2.17. The third-order valence-electron chi connectivity index (χ3n) is 2.43. The average molecular weight is 211 g/mol. The fourth-order valence-corrected chi connectivity index (χ4v) is 1.76. The molecule has 1 aromatic heterocycles. The molecule has 0 atom stereocenters. The second kappa shape index (κ2) is 3.90. The number of aromatic nitrogens is 2. The number of anilines is 1. The van der Waals surface area contributed by atoms with Crippen molar-refractivity contribution >= 4 is 5.69 Å². The van der Waals surface area contributed by atoms with Crippen LogP contribution in [-0.4, -0.2) is 36.3 Å². The van der Waals surface area contributed by atoms with Crippen LogP contribution in [0, 0.1) is 6.92 Å². The number of morpholine rings is 1. The van der Waals surface area contributed by atoms with E-state index in [1.54, 1.807) is 6.92 Å². The Kier molecular flexibility index (Phi) is 2.59. The molecule has 0 unspecified atom stereocenters. The van der Waals surface area contributed by atoms with Crippen LogP contribution in [0.25, 0.3) is 0 Å². The van der Waals surface area contributed by atoms with Crippen LogP contribution in [0.5, 0.6) is 0 Å². The summed E-state index contributed by atoms with van der Waals surface area (Å²) in [6, 6.07) is 0. The molecule has 0 spiro atoms. The molecule has 15 heavy (non-hydrogen) atoms. The van der Waals surface area contributed by atoms with Crippen LogP contribution >= 0.6 is 0 Å². The third kappa shape index (κ3) is 1.94. The molecule has 0 amide bonds. The minimum absolute atomic E-state index is 0.335. The molecule has 1 aliphatic heterocycles. The largest absolute Gasteiger partial charge is 0.378 e. The van der Waals surface area contributed by atoms with Gasteiger partial charge in [-0.05, 0) is 6.92 Å². The van der Waals surface area contributed by atoms with Gasteiger partial charge in [-0.3, -0.25) is 9.78 Å². The summed E-state index contributed by atoms with van der Waals surface area (Å²) in [5.74, 6) is 0. The van der Waals surface area contributed by atoms with E-state index in [-0.39, 0.29) is 5.56 Å². The molecule has 0 bridgehead atoms. The Bertz CT molecular complexity index is 456. The quantitative estimate of drug-likeness (QED) is 0.638. The number of aromatic amines is 2. The molecule has 0 aliphatic carbocycles. The summed E-state index contributed by atoms with van der Waals surface area (Å²) in [5.41, 5.74) is 0.344. The molecule has 0 saturated carbocycles. The van der Waals surface area contributed by atoms with Gasteiger partial charge in [0.25, 0.3) is 5.56 Å². The zero-order chi connectivity index (χ0) is 10.8. The normalized spacial score (nSPS) is 16.7.